The largest absolute Gasteiger partial charge is 0.506 e. The van der Waals surface area contributed by atoms with Gasteiger partial charge in [0.25, 0.3) is 11.5 Å². The van der Waals surface area contributed by atoms with Crippen molar-refractivity contribution >= 4 is 22.6 Å². The fourth-order valence-corrected chi connectivity index (χ4v) is 3.00. The molecule has 0 saturated carbocycles. The van der Waals surface area contributed by atoms with Crippen molar-refractivity contribution in [1.82, 2.24) is 9.55 Å². The van der Waals surface area contributed by atoms with Crippen molar-refractivity contribution in [3.63, 3.8) is 0 Å². The van der Waals surface area contributed by atoms with Gasteiger partial charge in [-0.1, -0.05) is 18.2 Å². The molecule has 0 saturated heterocycles. The number of pyridine rings is 2. The number of hydrogen-bond donors (Lipinski definition) is 2. The summed E-state index contributed by atoms with van der Waals surface area (Å²) < 4.78 is 28.2. The fourth-order valence-electron chi connectivity index (χ4n) is 3.00. The van der Waals surface area contributed by atoms with Gasteiger partial charge in [-0.05, 0) is 36.4 Å². The molecular weight excluding hydrogens is 380 g/mol. The Morgan fingerprint density at radius 3 is 2.52 bits per heavy atom. The smallest absolute Gasteiger partial charge is 0.273 e. The number of halogens is 2. The number of rotatable bonds is 3. The van der Waals surface area contributed by atoms with Gasteiger partial charge in [0.15, 0.2) is 5.65 Å². The average molecular weight is 393 g/mol. The van der Waals surface area contributed by atoms with Crippen LogP contribution in [0.15, 0.2) is 71.7 Å². The van der Waals surface area contributed by atoms with E-state index in [4.69, 9.17) is 0 Å². The molecule has 8 heteroatoms. The number of hydrogen-bond acceptors (Lipinski definition) is 4. The summed E-state index contributed by atoms with van der Waals surface area (Å²) in [6.45, 7) is 0. The molecule has 4 aromatic rings. The first kappa shape index (κ1) is 18.3. The van der Waals surface area contributed by atoms with Gasteiger partial charge < -0.3 is 10.4 Å². The molecule has 0 aliphatic carbocycles. The van der Waals surface area contributed by atoms with Crippen molar-refractivity contribution in [3.05, 3.63) is 94.4 Å². The minimum absolute atomic E-state index is 0.158. The van der Waals surface area contributed by atoms with E-state index in [-0.39, 0.29) is 16.7 Å². The zero-order valence-corrected chi connectivity index (χ0v) is 14.8. The first-order valence-electron chi connectivity index (χ1n) is 8.52. The van der Waals surface area contributed by atoms with Crippen LogP contribution in [-0.2, 0) is 0 Å². The zero-order chi connectivity index (χ0) is 20.5. The predicted octanol–water partition coefficient (Wildman–Crippen LogP) is 3.62. The number of nitrogens with zero attached hydrogens (tertiary/aromatic N) is 2. The highest BCUT2D eigenvalue weighted by molar-refractivity contribution is 6.09. The van der Waals surface area contributed by atoms with Gasteiger partial charge in [-0.2, -0.15) is 0 Å². The highest BCUT2D eigenvalue weighted by atomic mass is 19.1. The summed E-state index contributed by atoms with van der Waals surface area (Å²) in [5.74, 6) is -3.44. The van der Waals surface area contributed by atoms with Crippen LogP contribution in [0, 0.1) is 11.6 Å². The second-order valence-corrected chi connectivity index (χ2v) is 6.15. The van der Waals surface area contributed by atoms with Crippen molar-refractivity contribution in [2.75, 3.05) is 5.32 Å². The molecule has 1 amide bonds. The van der Waals surface area contributed by atoms with Crippen LogP contribution in [0.1, 0.15) is 10.4 Å². The number of carbonyl (C=O) groups excluding carboxylic acids is 1. The molecular formula is C21H13F2N3O3. The van der Waals surface area contributed by atoms with E-state index in [1.165, 1.54) is 16.8 Å². The molecule has 0 fully saturated rings. The zero-order valence-electron chi connectivity index (χ0n) is 14.8. The Kier molecular flexibility index (Phi) is 4.52. The van der Waals surface area contributed by atoms with Crippen molar-refractivity contribution in [2.24, 2.45) is 0 Å². The normalized spacial score (nSPS) is 10.8. The standard InChI is InChI=1S/C21H13F2N3O3/c22-12-8-9-16(15(23)11-12)25-20(28)17-18(27)14-7-4-10-24-19(14)26(21(17)29)13-5-2-1-3-6-13/h1-11,27H,(H,25,28). The third-order valence-electron chi connectivity index (χ3n) is 4.33. The minimum Gasteiger partial charge on any atom is -0.506 e. The molecule has 4 rings (SSSR count). The van der Waals surface area contributed by atoms with Gasteiger partial charge in [-0.15, -0.1) is 0 Å². The van der Waals surface area contributed by atoms with Crippen molar-refractivity contribution in [1.29, 1.82) is 0 Å². The molecule has 29 heavy (non-hydrogen) atoms. The molecule has 0 atom stereocenters. The van der Waals surface area contributed by atoms with Gasteiger partial charge in [-0.3, -0.25) is 14.2 Å². The fraction of sp³-hybridized carbons (Fsp3) is 0. The summed E-state index contributed by atoms with van der Waals surface area (Å²) in [6, 6.07) is 14.1. The lowest BCUT2D eigenvalue weighted by molar-refractivity contribution is 0.102. The Morgan fingerprint density at radius 1 is 1.03 bits per heavy atom. The van der Waals surface area contributed by atoms with Crippen LogP contribution in [0.25, 0.3) is 16.7 Å². The van der Waals surface area contributed by atoms with Gasteiger partial charge in [0, 0.05) is 12.3 Å². The lowest BCUT2D eigenvalue weighted by atomic mass is 10.1. The van der Waals surface area contributed by atoms with E-state index in [1.54, 1.807) is 36.4 Å². The number of fused-ring (bicyclic) bond motifs is 1. The third-order valence-corrected chi connectivity index (χ3v) is 4.33. The van der Waals surface area contributed by atoms with Crippen LogP contribution in [0.5, 0.6) is 5.75 Å². The number of carbonyl (C=O) groups is 1. The van der Waals surface area contributed by atoms with Crippen LogP contribution >= 0.6 is 0 Å². The first-order chi connectivity index (χ1) is 14.0. The summed E-state index contributed by atoms with van der Waals surface area (Å²) in [5, 5.41) is 13.0. The molecule has 0 radical (unpaired) electrons. The summed E-state index contributed by atoms with van der Waals surface area (Å²) in [4.78, 5) is 30.0. The van der Waals surface area contributed by atoms with Crippen LogP contribution < -0.4 is 10.9 Å². The van der Waals surface area contributed by atoms with E-state index in [2.05, 4.69) is 10.3 Å². The van der Waals surface area contributed by atoms with Gasteiger partial charge in [0.1, 0.15) is 22.9 Å². The van der Waals surface area contributed by atoms with Crippen LogP contribution in [0.3, 0.4) is 0 Å². The molecule has 0 spiro atoms. The monoisotopic (exact) mass is 393 g/mol. The Bertz CT molecular complexity index is 1300. The molecule has 0 aliphatic heterocycles. The van der Waals surface area contributed by atoms with Crippen LogP contribution in [0.4, 0.5) is 14.5 Å². The Morgan fingerprint density at radius 2 is 1.79 bits per heavy atom. The minimum atomic E-state index is -1.03. The highest BCUT2D eigenvalue weighted by Gasteiger charge is 2.24. The van der Waals surface area contributed by atoms with E-state index in [1.807, 2.05) is 0 Å². The number of aromatic hydroxyl groups is 1. The molecule has 2 aromatic carbocycles. The molecule has 6 nitrogen and oxygen atoms in total. The highest BCUT2D eigenvalue weighted by Crippen LogP contribution is 2.27. The van der Waals surface area contributed by atoms with E-state index in [0.29, 0.717) is 11.8 Å². The molecule has 0 unspecified atom stereocenters. The van der Waals surface area contributed by atoms with E-state index >= 15 is 0 Å². The van der Waals surface area contributed by atoms with Gasteiger partial charge in [0.05, 0.1) is 16.8 Å². The van der Waals surface area contributed by atoms with E-state index in [0.717, 1.165) is 12.1 Å². The molecule has 0 aliphatic rings. The second kappa shape index (κ2) is 7.16. The molecule has 144 valence electrons. The number of nitrogens with one attached hydrogen (secondary N) is 1. The maximum atomic E-state index is 13.9. The number of benzene rings is 2. The Labute approximate surface area is 162 Å². The molecule has 2 aromatic heterocycles. The molecule has 0 bridgehead atoms. The van der Waals surface area contributed by atoms with Crippen LogP contribution in [0.2, 0.25) is 0 Å². The maximum absolute atomic E-state index is 13.9. The SMILES string of the molecule is O=C(Nc1ccc(F)cc1F)c1c(O)c2cccnc2n(-c2ccccc2)c1=O. The van der Waals surface area contributed by atoms with Crippen LogP contribution in [-0.4, -0.2) is 20.6 Å². The summed E-state index contributed by atoms with van der Waals surface area (Å²) in [6.07, 6.45) is 1.45. The van der Waals surface area contributed by atoms with E-state index < -0.39 is 34.4 Å². The Balaban J connectivity index is 1.93. The maximum Gasteiger partial charge on any atom is 0.273 e. The number of aromatic nitrogens is 2. The summed E-state index contributed by atoms with van der Waals surface area (Å²) in [5.41, 5.74) is -1.15. The summed E-state index contributed by atoms with van der Waals surface area (Å²) in [7, 11) is 0. The predicted molar refractivity (Wildman–Crippen MR) is 103 cm³/mol. The first-order valence-corrected chi connectivity index (χ1v) is 8.52. The number of anilines is 1. The summed E-state index contributed by atoms with van der Waals surface area (Å²) >= 11 is 0. The molecule has 2 heterocycles. The van der Waals surface area contributed by atoms with E-state index in [9.17, 15) is 23.5 Å². The van der Waals surface area contributed by atoms with Gasteiger partial charge in [0.2, 0.25) is 0 Å². The lowest BCUT2D eigenvalue weighted by Crippen LogP contribution is -2.29. The quantitative estimate of drug-likeness (QED) is 0.557. The van der Waals surface area contributed by atoms with Gasteiger partial charge >= 0.3 is 0 Å². The molecule has 2 N–H and O–H groups in total. The topological polar surface area (TPSA) is 84.2 Å². The Hall–Kier alpha value is -4.07. The number of amides is 1. The van der Waals surface area contributed by atoms with Crippen molar-refractivity contribution in [3.8, 4) is 11.4 Å². The lowest BCUT2D eigenvalue weighted by Gasteiger charge is -2.14. The number of para-hydroxylation sites is 1. The van der Waals surface area contributed by atoms with Gasteiger partial charge in [-0.25, -0.2) is 13.8 Å². The van der Waals surface area contributed by atoms with Crippen molar-refractivity contribution < 1.29 is 18.7 Å². The average Bonchev–Trinajstić information content (AvgIpc) is 2.71. The van der Waals surface area contributed by atoms with Crippen molar-refractivity contribution in [2.45, 2.75) is 0 Å². The second-order valence-electron chi connectivity index (χ2n) is 6.15. The third kappa shape index (κ3) is 3.20.